The van der Waals surface area contributed by atoms with E-state index in [1.807, 2.05) is 0 Å². The Morgan fingerprint density at radius 1 is 1.27 bits per heavy atom. The predicted octanol–water partition coefficient (Wildman–Crippen LogP) is 1.63. The van der Waals surface area contributed by atoms with Crippen LogP contribution in [0.25, 0.3) is 0 Å². The number of pyridine rings is 1. The number of hydrogen-bond donors (Lipinski definition) is 4. The average molecular weight is 460 g/mol. The summed E-state index contributed by atoms with van der Waals surface area (Å²) in [5.74, 6) is -2.48. The van der Waals surface area contributed by atoms with Crippen LogP contribution in [0.1, 0.15) is 40.0 Å². The van der Waals surface area contributed by atoms with Gasteiger partial charge in [-0.05, 0) is 31.7 Å². The minimum atomic E-state index is -3.00. The number of carbonyl (C=O) groups is 1. The molecular formula is C23H31F2N7O. The highest BCUT2D eigenvalue weighted by molar-refractivity contribution is 6.09. The lowest BCUT2D eigenvalue weighted by Gasteiger charge is -2.29. The molecule has 2 heterocycles. The number of anilines is 1. The molecule has 1 aromatic carbocycles. The molecule has 1 aliphatic heterocycles. The topological polar surface area (TPSA) is 108 Å². The lowest BCUT2D eigenvalue weighted by Crippen LogP contribution is -2.44. The number of rotatable bonds is 8. The van der Waals surface area contributed by atoms with E-state index in [-0.39, 0.29) is 17.3 Å². The number of nitrogens with zero attached hydrogens (tertiary/aromatic N) is 3. The molecule has 10 heteroatoms. The summed E-state index contributed by atoms with van der Waals surface area (Å²) >= 11 is 0. The van der Waals surface area contributed by atoms with Gasteiger partial charge in [0.05, 0.1) is 18.2 Å². The van der Waals surface area contributed by atoms with Gasteiger partial charge in [-0.1, -0.05) is 18.2 Å². The summed E-state index contributed by atoms with van der Waals surface area (Å²) in [7, 11) is 3.02. The van der Waals surface area contributed by atoms with Crippen LogP contribution in [0.4, 0.5) is 14.6 Å². The zero-order valence-electron chi connectivity index (χ0n) is 19.2. The van der Waals surface area contributed by atoms with Gasteiger partial charge in [0.1, 0.15) is 11.7 Å². The highest BCUT2D eigenvalue weighted by atomic mass is 19.3. The fraction of sp³-hybridized carbons (Fsp3) is 0.435. The van der Waals surface area contributed by atoms with Crippen molar-refractivity contribution in [3.8, 4) is 0 Å². The minimum absolute atomic E-state index is 0.0917. The number of hydrogen-bond acceptors (Lipinski definition) is 6. The summed E-state index contributed by atoms with van der Waals surface area (Å²) in [5, 5.41) is 8.40. The first-order valence-electron chi connectivity index (χ1n) is 10.9. The number of amidine groups is 1. The number of carbonyl (C=O) groups excluding carboxylic acids is 1. The molecular weight excluding hydrogens is 428 g/mol. The van der Waals surface area contributed by atoms with E-state index in [2.05, 4.69) is 30.8 Å². The summed E-state index contributed by atoms with van der Waals surface area (Å²) in [5.41, 5.74) is 7.62. The molecule has 0 saturated carbocycles. The quantitative estimate of drug-likeness (QED) is 0.353. The Bertz CT molecular complexity index is 1010. The van der Waals surface area contributed by atoms with Crippen LogP contribution < -0.4 is 26.6 Å². The number of nitrogens with two attached hydrogens (primary N) is 1. The number of piperazine rings is 1. The molecule has 1 aromatic heterocycles. The van der Waals surface area contributed by atoms with E-state index in [0.29, 0.717) is 22.5 Å². The van der Waals surface area contributed by atoms with Gasteiger partial charge >= 0.3 is 0 Å². The molecule has 3 rings (SSSR count). The normalized spacial score (nSPS) is 15.9. The summed E-state index contributed by atoms with van der Waals surface area (Å²) in [4.78, 5) is 23.5. The number of aliphatic imine (C=N–C) groups is 1. The molecule has 0 unspecified atom stereocenters. The Hall–Kier alpha value is -3.11. The molecule has 1 saturated heterocycles. The van der Waals surface area contributed by atoms with Gasteiger partial charge in [-0.15, -0.1) is 0 Å². The van der Waals surface area contributed by atoms with E-state index in [1.54, 1.807) is 25.1 Å². The van der Waals surface area contributed by atoms with Crippen LogP contribution >= 0.6 is 0 Å². The van der Waals surface area contributed by atoms with Crippen LogP contribution in [0.3, 0.4) is 0 Å². The molecule has 178 valence electrons. The van der Waals surface area contributed by atoms with Gasteiger partial charge in [0.15, 0.2) is 0 Å². The van der Waals surface area contributed by atoms with Gasteiger partial charge in [0.2, 0.25) is 0 Å². The fourth-order valence-electron chi connectivity index (χ4n) is 3.74. The van der Waals surface area contributed by atoms with Crippen LogP contribution in [0.15, 0.2) is 41.5 Å². The summed E-state index contributed by atoms with van der Waals surface area (Å²) < 4.78 is 28.7. The maximum absolute atomic E-state index is 14.3. The number of nitrogens with one attached hydrogen (secondary N) is 3. The molecule has 1 fully saturated rings. The summed E-state index contributed by atoms with van der Waals surface area (Å²) in [6, 6.07) is 7.42. The smallest absolute Gasteiger partial charge is 0.285 e. The first-order chi connectivity index (χ1) is 15.8. The first-order valence-corrected chi connectivity index (χ1v) is 10.9. The van der Waals surface area contributed by atoms with Crippen LogP contribution in [-0.4, -0.2) is 63.5 Å². The number of benzene rings is 1. The van der Waals surface area contributed by atoms with E-state index in [1.165, 1.54) is 32.4 Å². The Kier molecular flexibility index (Phi) is 7.93. The van der Waals surface area contributed by atoms with Crippen LogP contribution in [0.5, 0.6) is 0 Å². The van der Waals surface area contributed by atoms with Crippen LogP contribution in [0, 0.1) is 0 Å². The Morgan fingerprint density at radius 3 is 2.67 bits per heavy atom. The maximum Gasteiger partial charge on any atom is 0.285 e. The second-order valence-electron chi connectivity index (χ2n) is 7.95. The molecule has 0 bridgehead atoms. The molecule has 5 N–H and O–H groups in total. The van der Waals surface area contributed by atoms with Gasteiger partial charge in [-0.25, -0.2) is 4.98 Å². The second kappa shape index (κ2) is 10.7. The Labute approximate surface area is 192 Å². The molecule has 1 atom stereocenters. The Balaban J connectivity index is 1.95. The van der Waals surface area contributed by atoms with E-state index in [0.717, 1.165) is 26.2 Å². The average Bonchev–Trinajstić information content (AvgIpc) is 2.83. The molecule has 2 aromatic rings. The highest BCUT2D eigenvalue weighted by Crippen LogP contribution is 2.30. The van der Waals surface area contributed by atoms with Crippen molar-refractivity contribution in [1.82, 2.24) is 20.9 Å². The maximum atomic E-state index is 14.3. The van der Waals surface area contributed by atoms with E-state index >= 15 is 0 Å². The number of alkyl halides is 2. The van der Waals surface area contributed by atoms with Crippen molar-refractivity contribution >= 4 is 17.6 Å². The third kappa shape index (κ3) is 5.82. The highest BCUT2D eigenvalue weighted by Gasteiger charge is 2.31. The van der Waals surface area contributed by atoms with E-state index in [9.17, 15) is 13.6 Å². The molecule has 0 spiro atoms. The lowest BCUT2D eigenvalue weighted by atomic mass is 10.0. The monoisotopic (exact) mass is 459 g/mol. The van der Waals surface area contributed by atoms with Gasteiger partial charge in [0.25, 0.3) is 11.8 Å². The molecule has 8 nitrogen and oxygen atoms in total. The number of amides is 1. The van der Waals surface area contributed by atoms with Gasteiger partial charge in [0, 0.05) is 50.6 Å². The molecule has 33 heavy (non-hydrogen) atoms. The minimum Gasteiger partial charge on any atom is -0.383 e. The second-order valence-corrected chi connectivity index (χ2v) is 7.95. The van der Waals surface area contributed by atoms with Gasteiger partial charge in [-0.3, -0.25) is 9.79 Å². The van der Waals surface area contributed by atoms with Crippen molar-refractivity contribution in [3.63, 3.8) is 0 Å². The largest absolute Gasteiger partial charge is 0.383 e. The Morgan fingerprint density at radius 2 is 2.00 bits per heavy atom. The lowest BCUT2D eigenvalue weighted by molar-refractivity contribution is -0.00134. The van der Waals surface area contributed by atoms with Crippen molar-refractivity contribution in [2.75, 3.05) is 51.7 Å². The van der Waals surface area contributed by atoms with Crippen molar-refractivity contribution in [3.05, 3.63) is 58.8 Å². The molecule has 1 aliphatic rings. The number of halogens is 2. The SMILES string of the molecule is CNCC(F)(F)c1cccc([C@@H](C)N=C(N)c2cc(N3CCNCC3)ncc2C(=O)NC)c1. The standard InChI is InChI=1S/C23H31F2N7O/c1-15(16-5-4-6-17(11-16)23(24,25)14-27-2)31-21(26)18-12-20(32-9-7-29-8-10-32)30-13-19(18)22(33)28-3/h4-6,11-13,15,27,29H,7-10,14H2,1-3H3,(H2,26,31)(H,28,33)/t15-/m1/s1. The fourth-order valence-corrected chi connectivity index (χ4v) is 3.74. The zero-order valence-corrected chi connectivity index (χ0v) is 19.2. The molecule has 0 radical (unpaired) electrons. The van der Waals surface area contributed by atoms with Crippen molar-refractivity contribution in [1.29, 1.82) is 0 Å². The van der Waals surface area contributed by atoms with Gasteiger partial charge < -0.3 is 26.6 Å². The first kappa shape index (κ1) is 24.5. The van der Waals surface area contributed by atoms with E-state index in [4.69, 9.17) is 5.73 Å². The number of likely N-dealkylation sites (N-methyl/N-ethyl adjacent to an activating group) is 1. The van der Waals surface area contributed by atoms with Crippen molar-refractivity contribution in [2.45, 2.75) is 18.9 Å². The van der Waals surface area contributed by atoms with Gasteiger partial charge in [-0.2, -0.15) is 8.78 Å². The predicted molar refractivity (Wildman–Crippen MR) is 126 cm³/mol. The van der Waals surface area contributed by atoms with Crippen LogP contribution in [0.2, 0.25) is 0 Å². The zero-order chi connectivity index (χ0) is 24.0. The molecule has 1 amide bonds. The summed E-state index contributed by atoms with van der Waals surface area (Å²) in [6.45, 7) is 4.56. The van der Waals surface area contributed by atoms with Crippen molar-refractivity contribution < 1.29 is 13.6 Å². The van der Waals surface area contributed by atoms with E-state index < -0.39 is 18.5 Å². The third-order valence-corrected chi connectivity index (χ3v) is 5.60. The summed E-state index contributed by atoms with van der Waals surface area (Å²) in [6.07, 6.45) is 1.50. The third-order valence-electron chi connectivity index (χ3n) is 5.60. The molecule has 0 aliphatic carbocycles. The van der Waals surface area contributed by atoms with Crippen LogP contribution in [-0.2, 0) is 5.92 Å². The van der Waals surface area contributed by atoms with Crippen molar-refractivity contribution in [2.24, 2.45) is 10.7 Å². The number of aromatic nitrogens is 1.